The average Bonchev–Trinajstić information content (AvgIpc) is 2.52. The Morgan fingerprint density at radius 1 is 1.33 bits per heavy atom. The highest BCUT2D eigenvalue weighted by Crippen LogP contribution is 2.23. The summed E-state index contributed by atoms with van der Waals surface area (Å²) in [5.74, 6) is 5.62. The second-order valence-corrected chi connectivity index (χ2v) is 4.68. The number of hydrazine groups is 1. The van der Waals surface area contributed by atoms with Gasteiger partial charge < -0.3 is 4.74 Å². The number of carbonyl (C=O) groups excluding carboxylic acids is 1. The quantitative estimate of drug-likeness (QED) is 0.502. The molecular formula is C16H19N3O2. The molecule has 1 amide bonds. The number of benzene rings is 1. The molecule has 1 aromatic carbocycles. The van der Waals surface area contributed by atoms with E-state index in [1.165, 1.54) is 0 Å². The molecule has 5 nitrogen and oxygen atoms in total. The van der Waals surface area contributed by atoms with Crippen molar-refractivity contribution in [1.29, 1.82) is 0 Å². The molecule has 0 aliphatic heterocycles. The predicted molar refractivity (Wildman–Crippen MR) is 81.8 cm³/mol. The molecule has 1 aromatic heterocycles. The molecule has 0 radical (unpaired) electrons. The lowest BCUT2D eigenvalue weighted by atomic mass is 10.1. The van der Waals surface area contributed by atoms with E-state index in [0.717, 1.165) is 23.4 Å². The number of ether oxygens (including phenoxy) is 1. The molecule has 0 bridgehead atoms. The first kappa shape index (κ1) is 15.0. The lowest BCUT2D eigenvalue weighted by Crippen LogP contribution is -2.30. The monoisotopic (exact) mass is 285 g/mol. The van der Waals surface area contributed by atoms with Crippen LogP contribution >= 0.6 is 0 Å². The highest BCUT2D eigenvalue weighted by Gasteiger charge is 2.10. The van der Waals surface area contributed by atoms with Crippen LogP contribution in [0.2, 0.25) is 0 Å². The first-order valence-corrected chi connectivity index (χ1v) is 6.87. The van der Waals surface area contributed by atoms with Gasteiger partial charge in [0, 0.05) is 5.56 Å². The SMILES string of the molecule is CCCOc1cccc(-c2ccc(C(=O)NN)c(C)n2)c1. The third-order valence-corrected chi connectivity index (χ3v) is 3.06. The van der Waals surface area contributed by atoms with Crippen molar-refractivity contribution in [3.8, 4) is 17.0 Å². The normalized spacial score (nSPS) is 10.2. The number of pyridine rings is 1. The molecule has 0 aliphatic carbocycles. The zero-order chi connectivity index (χ0) is 15.2. The number of nitrogens with two attached hydrogens (primary N) is 1. The number of amides is 1. The van der Waals surface area contributed by atoms with Gasteiger partial charge in [0.05, 0.1) is 23.6 Å². The molecule has 0 atom stereocenters. The predicted octanol–water partition coefficient (Wildman–Crippen LogP) is 2.45. The lowest BCUT2D eigenvalue weighted by Gasteiger charge is -2.09. The minimum Gasteiger partial charge on any atom is -0.494 e. The first-order valence-electron chi connectivity index (χ1n) is 6.87. The summed E-state index contributed by atoms with van der Waals surface area (Å²) in [6, 6.07) is 11.3. The summed E-state index contributed by atoms with van der Waals surface area (Å²) in [5, 5.41) is 0. The number of hydrogen-bond donors (Lipinski definition) is 2. The van der Waals surface area contributed by atoms with Crippen molar-refractivity contribution in [3.63, 3.8) is 0 Å². The molecule has 0 saturated carbocycles. The molecule has 21 heavy (non-hydrogen) atoms. The fraction of sp³-hybridized carbons (Fsp3) is 0.250. The summed E-state index contributed by atoms with van der Waals surface area (Å²) in [4.78, 5) is 16.0. The van der Waals surface area contributed by atoms with Crippen molar-refractivity contribution < 1.29 is 9.53 Å². The van der Waals surface area contributed by atoms with E-state index in [1.807, 2.05) is 24.3 Å². The maximum absolute atomic E-state index is 11.6. The van der Waals surface area contributed by atoms with Crippen molar-refractivity contribution in [1.82, 2.24) is 10.4 Å². The van der Waals surface area contributed by atoms with E-state index in [0.29, 0.717) is 17.9 Å². The van der Waals surface area contributed by atoms with Crippen LogP contribution in [0.3, 0.4) is 0 Å². The summed E-state index contributed by atoms with van der Waals surface area (Å²) < 4.78 is 5.62. The zero-order valence-electron chi connectivity index (χ0n) is 12.2. The van der Waals surface area contributed by atoms with Crippen molar-refractivity contribution in [2.24, 2.45) is 5.84 Å². The van der Waals surface area contributed by atoms with Crippen LogP contribution in [0.15, 0.2) is 36.4 Å². The van der Waals surface area contributed by atoms with E-state index in [4.69, 9.17) is 10.6 Å². The van der Waals surface area contributed by atoms with Gasteiger partial charge >= 0.3 is 0 Å². The van der Waals surface area contributed by atoms with Gasteiger partial charge in [-0.1, -0.05) is 19.1 Å². The van der Waals surface area contributed by atoms with E-state index in [2.05, 4.69) is 17.3 Å². The zero-order valence-corrected chi connectivity index (χ0v) is 12.2. The molecule has 0 saturated heterocycles. The first-order chi connectivity index (χ1) is 10.2. The minimum atomic E-state index is -0.341. The number of aryl methyl sites for hydroxylation is 1. The number of aromatic nitrogens is 1. The number of nitrogens with zero attached hydrogens (tertiary/aromatic N) is 1. The summed E-state index contributed by atoms with van der Waals surface area (Å²) >= 11 is 0. The second kappa shape index (κ2) is 6.85. The molecule has 1 heterocycles. The Morgan fingerprint density at radius 3 is 2.81 bits per heavy atom. The van der Waals surface area contributed by atoms with E-state index in [9.17, 15) is 4.79 Å². The Hall–Kier alpha value is -2.40. The van der Waals surface area contributed by atoms with Crippen LogP contribution < -0.4 is 16.0 Å². The molecule has 5 heteroatoms. The highest BCUT2D eigenvalue weighted by molar-refractivity contribution is 5.95. The van der Waals surface area contributed by atoms with E-state index in [1.54, 1.807) is 19.1 Å². The van der Waals surface area contributed by atoms with Crippen LogP contribution in [0.25, 0.3) is 11.3 Å². The summed E-state index contributed by atoms with van der Waals surface area (Å²) in [6.07, 6.45) is 0.963. The van der Waals surface area contributed by atoms with Crippen molar-refractivity contribution in [2.45, 2.75) is 20.3 Å². The summed E-state index contributed by atoms with van der Waals surface area (Å²) in [5.41, 5.74) is 4.97. The number of hydrogen-bond acceptors (Lipinski definition) is 4. The van der Waals surface area contributed by atoms with Gasteiger partial charge in [0.2, 0.25) is 0 Å². The fourth-order valence-electron chi connectivity index (χ4n) is 2.00. The molecule has 3 N–H and O–H groups in total. The van der Waals surface area contributed by atoms with E-state index < -0.39 is 0 Å². The van der Waals surface area contributed by atoms with Crippen LogP contribution in [0.5, 0.6) is 5.75 Å². The summed E-state index contributed by atoms with van der Waals surface area (Å²) in [6.45, 7) is 4.53. The maximum atomic E-state index is 11.6. The van der Waals surface area contributed by atoms with Crippen molar-refractivity contribution >= 4 is 5.91 Å². The van der Waals surface area contributed by atoms with Crippen LogP contribution in [0.4, 0.5) is 0 Å². The van der Waals surface area contributed by atoms with Gasteiger partial charge in [0.1, 0.15) is 5.75 Å². The topological polar surface area (TPSA) is 77.2 Å². The van der Waals surface area contributed by atoms with Gasteiger partial charge in [0.15, 0.2) is 0 Å². The van der Waals surface area contributed by atoms with Gasteiger partial charge in [-0.05, 0) is 37.6 Å². The Kier molecular flexibility index (Phi) is 4.90. The molecule has 2 aromatic rings. The van der Waals surface area contributed by atoms with Gasteiger partial charge in [-0.15, -0.1) is 0 Å². The fourth-order valence-corrected chi connectivity index (χ4v) is 2.00. The molecule has 0 unspecified atom stereocenters. The largest absolute Gasteiger partial charge is 0.494 e. The van der Waals surface area contributed by atoms with Crippen LogP contribution in [-0.2, 0) is 0 Å². The van der Waals surface area contributed by atoms with Gasteiger partial charge in [-0.25, -0.2) is 5.84 Å². The van der Waals surface area contributed by atoms with Crippen molar-refractivity contribution in [2.75, 3.05) is 6.61 Å². The Morgan fingerprint density at radius 2 is 2.14 bits per heavy atom. The molecule has 0 fully saturated rings. The maximum Gasteiger partial charge on any atom is 0.267 e. The number of rotatable bonds is 5. The smallest absolute Gasteiger partial charge is 0.267 e. The number of nitrogens with one attached hydrogen (secondary N) is 1. The Labute approximate surface area is 124 Å². The van der Waals surface area contributed by atoms with Gasteiger partial charge in [-0.2, -0.15) is 0 Å². The molecule has 2 rings (SSSR count). The van der Waals surface area contributed by atoms with Crippen LogP contribution in [0, 0.1) is 6.92 Å². The highest BCUT2D eigenvalue weighted by atomic mass is 16.5. The van der Waals surface area contributed by atoms with Crippen LogP contribution in [-0.4, -0.2) is 17.5 Å². The third kappa shape index (κ3) is 3.58. The van der Waals surface area contributed by atoms with E-state index >= 15 is 0 Å². The van der Waals surface area contributed by atoms with Crippen LogP contribution in [0.1, 0.15) is 29.4 Å². The van der Waals surface area contributed by atoms with Gasteiger partial charge in [-0.3, -0.25) is 15.2 Å². The van der Waals surface area contributed by atoms with Gasteiger partial charge in [0.25, 0.3) is 5.91 Å². The molecule has 0 spiro atoms. The third-order valence-electron chi connectivity index (χ3n) is 3.06. The molecular weight excluding hydrogens is 266 g/mol. The lowest BCUT2D eigenvalue weighted by molar-refractivity contribution is 0.0952. The Bertz CT molecular complexity index is 641. The molecule has 0 aliphatic rings. The Balaban J connectivity index is 2.30. The van der Waals surface area contributed by atoms with E-state index in [-0.39, 0.29) is 5.91 Å². The molecule has 110 valence electrons. The average molecular weight is 285 g/mol. The van der Waals surface area contributed by atoms with Crippen molar-refractivity contribution in [3.05, 3.63) is 47.7 Å². The minimum absolute atomic E-state index is 0.341. The second-order valence-electron chi connectivity index (χ2n) is 4.68. The summed E-state index contributed by atoms with van der Waals surface area (Å²) in [7, 11) is 0. The standard InChI is InChI=1S/C16H19N3O2/c1-3-9-21-13-6-4-5-12(10-13)15-8-7-14(11(2)18-15)16(20)19-17/h4-8,10H,3,9,17H2,1-2H3,(H,19,20). The number of carbonyl (C=O) groups is 1. The number of nitrogen functional groups attached to an aromatic ring is 1.